The minimum Gasteiger partial charge on any atom is -0.207 e. The molecule has 0 heterocycles. The maximum atomic E-state index is 14.7. The molecule has 2 aliphatic carbocycles. The smallest absolute Gasteiger partial charge is 0.127 e. The first-order valence-corrected chi connectivity index (χ1v) is 13.0. The Morgan fingerprint density at radius 1 is 0.935 bits per heavy atom. The fourth-order valence-electron chi connectivity index (χ4n) is 6.42. The molecule has 0 bridgehead atoms. The molecule has 0 spiro atoms. The topological polar surface area (TPSA) is 0 Å². The first-order chi connectivity index (χ1) is 15.2. The highest BCUT2D eigenvalue weighted by molar-refractivity contribution is 5.84. The third kappa shape index (κ3) is 5.60. The minimum absolute atomic E-state index is 0.0424. The summed E-state index contributed by atoms with van der Waals surface area (Å²) in [4.78, 5) is 0. The fourth-order valence-corrected chi connectivity index (χ4v) is 6.42. The molecule has 0 aliphatic heterocycles. The van der Waals surface area contributed by atoms with Crippen molar-refractivity contribution in [3.05, 3.63) is 59.4 Å². The van der Waals surface area contributed by atoms with Crippen LogP contribution in [0.3, 0.4) is 0 Å². The Morgan fingerprint density at radius 3 is 2.61 bits per heavy atom. The predicted molar refractivity (Wildman–Crippen MR) is 132 cm³/mol. The average Bonchev–Trinajstić information content (AvgIpc) is 2.79. The molecule has 2 aliphatic rings. The summed E-state index contributed by atoms with van der Waals surface area (Å²) in [6.07, 6.45) is 19.9. The molecule has 4 atom stereocenters. The normalized spacial score (nSPS) is 26.4. The predicted octanol–water partition coefficient (Wildman–Crippen LogP) is 9.37. The second-order valence-corrected chi connectivity index (χ2v) is 10.4. The van der Waals surface area contributed by atoms with Gasteiger partial charge in [-0.05, 0) is 110 Å². The lowest BCUT2D eigenvalue weighted by Gasteiger charge is -2.42. The Balaban J connectivity index is 1.40. The van der Waals surface area contributed by atoms with Gasteiger partial charge in [0.2, 0.25) is 0 Å². The summed E-state index contributed by atoms with van der Waals surface area (Å²) >= 11 is 0. The van der Waals surface area contributed by atoms with Crippen molar-refractivity contribution in [3.8, 4) is 0 Å². The molecule has 2 aromatic rings. The van der Waals surface area contributed by atoms with Crippen LogP contribution in [0.15, 0.2) is 42.5 Å². The molecule has 0 amide bonds. The van der Waals surface area contributed by atoms with Crippen LogP contribution in [0.1, 0.15) is 102 Å². The zero-order chi connectivity index (χ0) is 21.6. The summed E-state index contributed by atoms with van der Waals surface area (Å²) in [5.74, 6) is 3.51. The lowest BCUT2D eigenvalue weighted by Crippen LogP contribution is -2.30. The standard InChI is InChI=1S/C30H41F/c1-3-5-7-9-22-11-12-24-18-25(14-13-23(24)17-22)26-15-16-27-19-28(10-8-6-4-2)30(31)21-29(27)20-26/h4,6,15-16,19-25H,3,5,7-14,17-18H2,1-2H3/b6-4+/t22?,23-,24?,25-/m1/s1. The summed E-state index contributed by atoms with van der Waals surface area (Å²) in [7, 11) is 0. The highest BCUT2D eigenvalue weighted by Crippen LogP contribution is 2.48. The van der Waals surface area contributed by atoms with Crippen LogP contribution in [0, 0.1) is 23.6 Å². The molecule has 168 valence electrons. The van der Waals surface area contributed by atoms with Gasteiger partial charge in [-0.1, -0.05) is 69.4 Å². The molecule has 1 heteroatoms. The fraction of sp³-hybridized carbons (Fsp3) is 0.600. The van der Waals surface area contributed by atoms with Crippen molar-refractivity contribution >= 4 is 10.8 Å². The summed E-state index contributed by atoms with van der Waals surface area (Å²) in [6.45, 7) is 4.33. The molecule has 4 rings (SSSR count). The largest absolute Gasteiger partial charge is 0.207 e. The first-order valence-electron chi connectivity index (χ1n) is 13.0. The van der Waals surface area contributed by atoms with E-state index in [1.54, 1.807) is 6.07 Å². The molecule has 0 saturated heterocycles. The summed E-state index contributed by atoms with van der Waals surface area (Å²) < 4.78 is 14.7. The third-order valence-corrected chi connectivity index (χ3v) is 8.25. The Hall–Kier alpha value is -1.63. The quantitative estimate of drug-likeness (QED) is 0.295. The number of allylic oxidation sites excluding steroid dienone is 2. The number of unbranched alkanes of at least 4 members (excludes halogenated alkanes) is 2. The zero-order valence-electron chi connectivity index (χ0n) is 19.7. The third-order valence-electron chi connectivity index (χ3n) is 8.25. The van der Waals surface area contributed by atoms with E-state index in [0.717, 1.165) is 41.5 Å². The number of hydrogen-bond donors (Lipinski definition) is 0. The van der Waals surface area contributed by atoms with E-state index in [1.807, 2.05) is 13.0 Å². The first kappa shape index (κ1) is 22.6. The molecule has 2 aromatic carbocycles. The van der Waals surface area contributed by atoms with Crippen LogP contribution in [-0.4, -0.2) is 0 Å². The van der Waals surface area contributed by atoms with Crippen molar-refractivity contribution in [3.63, 3.8) is 0 Å². The summed E-state index contributed by atoms with van der Waals surface area (Å²) in [6, 6.07) is 10.7. The molecule has 2 saturated carbocycles. The van der Waals surface area contributed by atoms with Crippen molar-refractivity contribution in [1.82, 2.24) is 0 Å². The summed E-state index contributed by atoms with van der Waals surface area (Å²) in [5, 5.41) is 2.26. The van der Waals surface area contributed by atoms with Crippen LogP contribution >= 0.6 is 0 Å². The number of aryl methyl sites for hydroxylation is 1. The van der Waals surface area contributed by atoms with Gasteiger partial charge in [0.1, 0.15) is 5.82 Å². The van der Waals surface area contributed by atoms with Crippen molar-refractivity contribution in [2.75, 3.05) is 0 Å². The molecule has 0 aromatic heterocycles. The van der Waals surface area contributed by atoms with E-state index in [9.17, 15) is 4.39 Å². The van der Waals surface area contributed by atoms with Crippen LogP contribution in [0.2, 0.25) is 0 Å². The molecule has 31 heavy (non-hydrogen) atoms. The van der Waals surface area contributed by atoms with Crippen LogP contribution in [0.25, 0.3) is 10.8 Å². The van der Waals surface area contributed by atoms with Gasteiger partial charge >= 0.3 is 0 Å². The maximum Gasteiger partial charge on any atom is 0.127 e. The van der Waals surface area contributed by atoms with Crippen LogP contribution in [0.5, 0.6) is 0 Å². The number of halogens is 1. The van der Waals surface area contributed by atoms with Gasteiger partial charge in [-0.3, -0.25) is 0 Å². The van der Waals surface area contributed by atoms with Crippen molar-refractivity contribution in [2.24, 2.45) is 17.8 Å². The van der Waals surface area contributed by atoms with Gasteiger partial charge in [-0.25, -0.2) is 4.39 Å². The lowest BCUT2D eigenvalue weighted by molar-refractivity contribution is 0.113. The van der Waals surface area contributed by atoms with E-state index >= 15 is 0 Å². The molecule has 2 fully saturated rings. The van der Waals surface area contributed by atoms with E-state index in [1.165, 1.54) is 75.2 Å². The second kappa shape index (κ2) is 10.8. The number of fused-ring (bicyclic) bond motifs is 2. The van der Waals surface area contributed by atoms with Gasteiger partial charge in [0, 0.05) is 0 Å². The van der Waals surface area contributed by atoms with E-state index in [2.05, 4.69) is 37.3 Å². The van der Waals surface area contributed by atoms with E-state index in [0.29, 0.717) is 5.92 Å². The van der Waals surface area contributed by atoms with Gasteiger partial charge in [-0.2, -0.15) is 0 Å². The van der Waals surface area contributed by atoms with E-state index in [4.69, 9.17) is 0 Å². The Morgan fingerprint density at radius 2 is 1.77 bits per heavy atom. The monoisotopic (exact) mass is 420 g/mol. The highest BCUT2D eigenvalue weighted by Gasteiger charge is 2.35. The Kier molecular flexibility index (Phi) is 7.86. The van der Waals surface area contributed by atoms with Gasteiger partial charge < -0.3 is 0 Å². The molecular weight excluding hydrogens is 379 g/mol. The molecule has 2 unspecified atom stereocenters. The highest BCUT2D eigenvalue weighted by atomic mass is 19.1. The average molecular weight is 421 g/mol. The number of hydrogen-bond acceptors (Lipinski definition) is 0. The van der Waals surface area contributed by atoms with E-state index in [-0.39, 0.29) is 5.82 Å². The van der Waals surface area contributed by atoms with Crippen molar-refractivity contribution in [2.45, 2.75) is 96.8 Å². The molecule has 0 radical (unpaired) electrons. The van der Waals surface area contributed by atoms with Gasteiger partial charge in [-0.15, -0.1) is 0 Å². The van der Waals surface area contributed by atoms with Crippen LogP contribution in [-0.2, 0) is 6.42 Å². The van der Waals surface area contributed by atoms with Gasteiger partial charge in [0.25, 0.3) is 0 Å². The Labute approximate surface area is 189 Å². The minimum atomic E-state index is -0.0424. The zero-order valence-corrected chi connectivity index (χ0v) is 19.7. The SMILES string of the molecule is C/C=C/CCc1cc2ccc([C@@H]3CC[C@@H]4CC(CCCCC)CCC4C3)cc2cc1F. The molecule has 0 N–H and O–H groups in total. The lowest BCUT2D eigenvalue weighted by atomic mass is 9.63. The maximum absolute atomic E-state index is 14.7. The number of benzene rings is 2. The van der Waals surface area contributed by atoms with E-state index < -0.39 is 0 Å². The number of rotatable bonds is 8. The van der Waals surface area contributed by atoms with Crippen molar-refractivity contribution < 1.29 is 4.39 Å². The van der Waals surface area contributed by atoms with Crippen LogP contribution < -0.4 is 0 Å². The Bertz CT molecular complexity index is 879. The van der Waals surface area contributed by atoms with Crippen LogP contribution in [0.4, 0.5) is 4.39 Å². The second-order valence-electron chi connectivity index (χ2n) is 10.4. The van der Waals surface area contributed by atoms with Gasteiger partial charge in [0.05, 0.1) is 0 Å². The van der Waals surface area contributed by atoms with Gasteiger partial charge in [0.15, 0.2) is 0 Å². The molecule has 0 nitrogen and oxygen atoms in total. The van der Waals surface area contributed by atoms with Crippen molar-refractivity contribution in [1.29, 1.82) is 0 Å². The molecular formula is C30H41F. The summed E-state index contributed by atoms with van der Waals surface area (Å²) in [5.41, 5.74) is 2.28.